The Hall–Kier alpha value is -2.29. The molecule has 0 unspecified atom stereocenters. The Balaban J connectivity index is 1.56. The highest BCUT2D eigenvalue weighted by molar-refractivity contribution is 7.03. The van der Waals surface area contributed by atoms with Gasteiger partial charge in [-0.05, 0) is 57.1 Å². The largest absolute Gasteiger partial charge is 0.368 e. The Kier molecular flexibility index (Phi) is 4.61. The number of aromatic nitrogens is 4. The molecule has 2 heterocycles. The van der Waals surface area contributed by atoms with Crippen molar-refractivity contribution in [1.29, 1.82) is 0 Å². The molecule has 1 aliphatic carbocycles. The minimum absolute atomic E-state index is 0.0984. The van der Waals surface area contributed by atoms with Crippen molar-refractivity contribution in [3.8, 4) is 0 Å². The molecule has 0 bridgehead atoms. The first kappa shape index (κ1) is 16.6. The quantitative estimate of drug-likeness (QED) is 0.771. The van der Waals surface area contributed by atoms with E-state index in [-0.39, 0.29) is 23.4 Å². The molecule has 0 radical (unpaired) electrons. The topological polar surface area (TPSA) is 119 Å². The summed E-state index contributed by atoms with van der Waals surface area (Å²) >= 11 is 1.28. The lowest BCUT2D eigenvalue weighted by Crippen LogP contribution is -2.46. The van der Waals surface area contributed by atoms with E-state index in [2.05, 4.69) is 36.9 Å². The number of carbonyl (C=O) groups excluding carboxylic acids is 1. The molecular formula is C15H21N7OS. The number of nitrogens with zero attached hydrogens (tertiary/aromatic N) is 4. The molecule has 1 amide bonds. The average Bonchev–Trinajstić information content (AvgIpc) is 3.03. The fourth-order valence-corrected chi connectivity index (χ4v) is 3.45. The highest BCUT2D eigenvalue weighted by atomic mass is 32.1. The normalized spacial score (nSPS) is 23.7. The Morgan fingerprint density at radius 1 is 1.33 bits per heavy atom. The summed E-state index contributed by atoms with van der Waals surface area (Å²) in [6.07, 6.45) is 3.58. The van der Waals surface area contributed by atoms with Gasteiger partial charge < -0.3 is 16.4 Å². The predicted molar refractivity (Wildman–Crippen MR) is 92.8 cm³/mol. The molecule has 1 fully saturated rings. The number of anilines is 2. The number of rotatable bonds is 4. The molecule has 2 aromatic heterocycles. The van der Waals surface area contributed by atoms with E-state index in [0.29, 0.717) is 17.5 Å². The third kappa shape index (κ3) is 3.97. The number of amides is 1. The number of carbonyl (C=O) groups is 1. The van der Waals surface area contributed by atoms with E-state index in [1.165, 1.54) is 11.5 Å². The van der Waals surface area contributed by atoms with Gasteiger partial charge in [-0.3, -0.25) is 4.79 Å². The lowest BCUT2D eigenvalue weighted by molar-refractivity contribution is 0.0917. The molecule has 1 saturated carbocycles. The first-order valence-electron chi connectivity index (χ1n) is 7.91. The molecule has 4 N–H and O–H groups in total. The molecule has 24 heavy (non-hydrogen) atoms. The Bertz CT molecular complexity index is 690. The Morgan fingerprint density at radius 3 is 2.71 bits per heavy atom. The van der Waals surface area contributed by atoms with Crippen molar-refractivity contribution in [1.82, 2.24) is 24.6 Å². The van der Waals surface area contributed by atoms with Gasteiger partial charge in [-0.25, -0.2) is 0 Å². The van der Waals surface area contributed by atoms with E-state index in [4.69, 9.17) is 5.73 Å². The molecule has 0 saturated heterocycles. The minimum Gasteiger partial charge on any atom is -0.368 e. The van der Waals surface area contributed by atoms with Crippen molar-refractivity contribution < 1.29 is 4.79 Å². The molecule has 0 aromatic carbocycles. The maximum Gasteiger partial charge on any atom is 0.271 e. The lowest BCUT2D eigenvalue weighted by Gasteiger charge is -2.38. The van der Waals surface area contributed by atoms with Gasteiger partial charge in [-0.1, -0.05) is 0 Å². The van der Waals surface area contributed by atoms with Gasteiger partial charge in [-0.15, -0.1) is 0 Å². The van der Waals surface area contributed by atoms with Crippen molar-refractivity contribution in [2.75, 3.05) is 11.1 Å². The third-order valence-electron chi connectivity index (χ3n) is 4.27. The highest BCUT2D eigenvalue weighted by Crippen LogP contribution is 2.31. The van der Waals surface area contributed by atoms with Crippen LogP contribution in [0.4, 0.5) is 11.9 Å². The van der Waals surface area contributed by atoms with Crippen molar-refractivity contribution in [2.45, 2.75) is 51.1 Å². The summed E-state index contributed by atoms with van der Waals surface area (Å²) in [5.74, 6) is 1.22. The van der Waals surface area contributed by atoms with Gasteiger partial charge in [0.2, 0.25) is 11.9 Å². The van der Waals surface area contributed by atoms with Gasteiger partial charge >= 0.3 is 0 Å². The molecule has 3 rings (SSSR count). The van der Waals surface area contributed by atoms with Gasteiger partial charge in [-0.2, -0.15) is 19.3 Å². The van der Waals surface area contributed by atoms with E-state index in [1.54, 1.807) is 18.4 Å². The van der Waals surface area contributed by atoms with E-state index < -0.39 is 0 Å². The smallest absolute Gasteiger partial charge is 0.271 e. The summed E-state index contributed by atoms with van der Waals surface area (Å²) in [6.45, 7) is 3.93. The predicted octanol–water partition coefficient (Wildman–Crippen LogP) is 1.76. The molecular weight excluding hydrogens is 326 g/mol. The fourth-order valence-electron chi connectivity index (χ4n) is 2.94. The van der Waals surface area contributed by atoms with Crippen LogP contribution in [-0.2, 0) is 0 Å². The average molecular weight is 347 g/mol. The Morgan fingerprint density at radius 2 is 2.08 bits per heavy atom. The van der Waals surface area contributed by atoms with Crippen LogP contribution in [0, 0.1) is 6.92 Å². The van der Waals surface area contributed by atoms with Gasteiger partial charge in [0.25, 0.3) is 5.91 Å². The van der Waals surface area contributed by atoms with Crippen molar-refractivity contribution in [2.24, 2.45) is 0 Å². The second-order valence-corrected chi connectivity index (χ2v) is 7.05. The summed E-state index contributed by atoms with van der Waals surface area (Å²) in [6, 6.07) is 1.90. The number of aryl methyl sites for hydroxylation is 1. The SMILES string of the molecule is Cc1nc(N)nc(NC2(C)CCC(NC(=O)c3ccsn3)CC2)n1. The van der Waals surface area contributed by atoms with E-state index in [1.807, 2.05) is 0 Å². The number of hydrogen-bond donors (Lipinski definition) is 3. The molecule has 2 aromatic rings. The van der Waals surface area contributed by atoms with E-state index >= 15 is 0 Å². The highest BCUT2D eigenvalue weighted by Gasteiger charge is 2.32. The first-order valence-corrected chi connectivity index (χ1v) is 8.75. The number of nitrogens with two attached hydrogens (primary N) is 1. The molecule has 9 heteroatoms. The summed E-state index contributed by atoms with van der Waals surface area (Å²) in [7, 11) is 0. The summed E-state index contributed by atoms with van der Waals surface area (Å²) in [5.41, 5.74) is 6.04. The first-order chi connectivity index (χ1) is 11.4. The lowest BCUT2D eigenvalue weighted by atomic mass is 9.81. The van der Waals surface area contributed by atoms with Crippen LogP contribution in [0.1, 0.15) is 48.9 Å². The standard InChI is InChI=1S/C15H21N7OS/c1-9-17-13(16)20-14(18-9)21-15(2)6-3-10(4-7-15)19-12(23)11-5-8-24-22-11/h5,8,10H,3-4,6-7H2,1-2H3,(H,19,23)(H3,16,17,18,20,21). The van der Waals surface area contributed by atoms with Crippen molar-refractivity contribution in [3.63, 3.8) is 0 Å². The summed E-state index contributed by atoms with van der Waals surface area (Å²) in [4.78, 5) is 24.5. The molecule has 1 aliphatic rings. The van der Waals surface area contributed by atoms with Crippen LogP contribution in [0.15, 0.2) is 11.4 Å². The minimum atomic E-state index is -0.123. The summed E-state index contributed by atoms with van der Waals surface area (Å²) in [5, 5.41) is 8.24. The second-order valence-electron chi connectivity index (χ2n) is 6.38. The number of hydrogen-bond acceptors (Lipinski definition) is 8. The third-order valence-corrected chi connectivity index (χ3v) is 4.83. The van der Waals surface area contributed by atoms with Crippen LogP contribution >= 0.6 is 11.5 Å². The number of nitrogen functional groups attached to an aromatic ring is 1. The molecule has 8 nitrogen and oxygen atoms in total. The Labute approximate surface area is 144 Å². The number of nitrogens with one attached hydrogen (secondary N) is 2. The zero-order valence-electron chi connectivity index (χ0n) is 13.7. The maximum absolute atomic E-state index is 12.1. The van der Waals surface area contributed by atoms with Gasteiger partial charge in [0.1, 0.15) is 11.5 Å². The van der Waals surface area contributed by atoms with E-state index in [0.717, 1.165) is 25.7 Å². The maximum atomic E-state index is 12.1. The van der Waals surface area contributed by atoms with E-state index in [9.17, 15) is 4.79 Å². The molecule has 0 aliphatic heterocycles. The van der Waals surface area contributed by atoms with Crippen LogP contribution in [0.3, 0.4) is 0 Å². The molecule has 128 valence electrons. The van der Waals surface area contributed by atoms with Crippen LogP contribution in [0.2, 0.25) is 0 Å². The van der Waals surface area contributed by atoms with Gasteiger partial charge in [0.05, 0.1) is 0 Å². The van der Waals surface area contributed by atoms with Gasteiger partial charge in [0.15, 0.2) is 0 Å². The zero-order valence-corrected chi connectivity index (χ0v) is 14.6. The van der Waals surface area contributed by atoms with Crippen LogP contribution in [0.5, 0.6) is 0 Å². The summed E-state index contributed by atoms with van der Waals surface area (Å²) < 4.78 is 4.07. The van der Waals surface area contributed by atoms with Crippen molar-refractivity contribution in [3.05, 3.63) is 23.0 Å². The van der Waals surface area contributed by atoms with Gasteiger partial charge in [0, 0.05) is 17.0 Å². The van der Waals surface area contributed by atoms with Crippen molar-refractivity contribution >= 4 is 29.3 Å². The van der Waals surface area contributed by atoms with Crippen LogP contribution in [-0.4, -0.2) is 36.8 Å². The molecule has 0 atom stereocenters. The second kappa shape index (κ2) is 6.68. The van der Waals surface area contributed by atoms with Crippen LogP contribution < -0.4 is 16.4 Å². The fraction of sp³-hybridized carbons (Fsp3) is 0.533. The monoisotopic (exact) mass is 347 g/mol. The van der Waals surface area contributed by atoms with Crippen LogP contribution in [0.25, 0.3) is 0 Å². The zero-order chi connectivity index (χ0) is 17.2. The molecule has 0 spiro atoms.